The Bertz CT molecular complexity index is 1800. The summed E-state index contributed by atoms with van der Waals surface area (Å²) in [5.74, 6) is 0.143. The van der Waals surface area contributed by atoms with Crippen LogP contribution in [0.1, 0.15) is 16.7 Å². The molecule has 3 atom stereocenters. The van der Waals surface area contributed by atoms with Gasteiger partial charge in [0, 0.05) is 35.3 Å². The van der Waals surface area contributed by atoms with Gasteiger partial charge in [0.15, 0.2) is 10.8 Å². The van der Waals surface area contributed by atoms with Crippen molar-refractivity contribution in [3.05, 3.63) is 101 Å². The van der Waals surface area contributed by atoms with Crippen LogP contribution >= 0.6 is 23.2 Å². The number of alkyl halides is 1. The number of nitrogens with zero attached hydrogens (tertiary/aromatic N) is 7. The number of nitrogens with one attached hydrogen (secondary N) is 2. The highest BCUT2D eigenvalue weighted by atomic mass is 35.5. The van der Waals surface area contributed by atoms with Gasteiger partial charge >= 0.3 is 0 Å². The molecule has 0 radical (unpaired) electrons. The summed E-state index contributed by atoms with van der Waals surface area (Å²) >= 11 is 13.3. The van der Waals surface area contributed by atoms with Gasteiger partial charge in [0.2, 0.25) is 5.91 Å². The highest BCUT2D eigenvalue weighted by molar-refractivity contribution is 6.32. The number of halogens is 2. The number of carbonyl (C=O) groups excluding carboxylic acids is 1. The summed E-state index contributed by atoms with van der Waals surface area (Å²) in [4.78, 5) is 16.9. The van der Waals surface area contributed by atoms with Crippen molar-refractivity contribution >= 4 is 58.1 Å². The van der Waals surface area contributed by atoms with Gasteiger partial charge < -0.3 is 11.1 Å². The molecule has 6 rings (SSSR count). The molecule has 2 unspecified atom stereocenters. The molecule has 5 aromatic rings. The number of nitrogens with two attached hydrogens (primary N) is 1. The minimum Gasteiger partial charge on any atom is -0.382 e. The van der Waals surface area contributed by atoms with E-state index in [0.29, 0.717) is 28.5 Å². The van der Waals surface area contributed by atoms with Crippen LogP contribution in [0.2, 0.25) is 5.02 Å². The van der Waals surface area contributed by atoms with Crippen LogP contribution < -0.4 is 16.4 Å². The van der Waals surface area contributed by atoms with Crippen LogP contribution in [-0.2, 0) is 23.3 Å². The largest absolute Gasteiger partial charge is 0.382 e. The highest BCUT2D eigenvalue weighted by Crippen LogP contribution is 2.33. The van der Waals surface area contributed by atoms with Crippen LogP contribution in [0, 0.1) is 0 Å². The molecule has 0 bridgehead atoms. The molecule has 13 heteroatoms. The molecule has 1 aliphatic heterocycles. The summed E-state index contributed by atoms with van der Waals surface area (Å²) in [7, 11) is 1.83. The van der Waals surface area contributed by atoms with E-state index in [-0.39, 0.29) is 5.91 Å². The number of rotatable bonds is 8. The molecule has 212 valence electrons. The summed E-state index contributed by atoms with van der Waals surface area (Å²) in [5, 5.41) is 23.5. The lowest BCUT2D eigenvalue weighted by Gasteiger charge is -2.27. The quantitative estimate of drug-likeness (QED) is 0.140. The first-order valence-corrected chi connectivity index (χ1v) is 13.8. The zero-order valence-electron chi connectivity index (χ0n) is 22.4. The number of carbonyl (C=O) groups is 1. The Morgan fingerprint density at radius 2 is 2.02 bits per heavy atom. The zero-order valence-corrected chi connectivity index (χ0v) is 23.9. The van der Waals surface area contributed by atoms with Gasteiger partial charge in [-0.25, -0.2) is 0 Å². The molecule has 42 heavy (non-hydrogen) atoms. The average Bonchev–Trinajstić information content (AvgIpc) is 3.73. The summed E-state index contributed by atoms with van der Waals surface area (Å²) in [6.45, 7) is 0. The van der Waals surface area contributed by atoms with E-state index in [2.05, 4.69) is 31.3 Å². The van der Waals surface area contributed by atoms with Gasteiger partial charge in [-0.2, -0.15) is 9.78 Å². The predicted octanol–water partition coefficient (Wildman–Crippen LogP) is 3.62. The Kier molecular flexibility index (Phi) is 7.46. The number of benzene rings is 3. The van der Waals surface area contributed by atoms with Crippen LogP contribution in [0.15, 0.2) is 84.1 Å². The maximum Gasteiger partial charge on any atom is 0.244 e. The molecule has 4 N–H and O–H groups in total. The number of amides is 1. The predicted molar refractivity (Wildman–Crippen MR) is 163 cm³/mol. The third-order valence-corrected chi connectivity index (χ3v) is 7.74. The Hall–Kier alpha value is -4.58. The normalized spacial score (nSPS) is 19.1. The van der Waals surface area contributed by atoms with E-state index in [1.807, 2.05) is 55.6 Å². The second-order valence-electron chi connectivity index (χ2n) is 9.92. The minimum absolute atomic E-state index is 0.311. The molecular weight excluding hydrogens is 575 g/mol. The molecule has 3 heterocycles. The van der Waals surface area contributed by atoms with Crippen molar-refractivity contribution in [3.63, 3.8) is 0 Å². The smallest absolute Gasteiger partial charge is 0.244 e. The summed E-state index contributed by atoms with van der Waals surface area (Å²) in [6, 6.07) is 20.4. The van der Waals surface area contributed by atoms with Crippen molar-refractivity contribution in [2.45, 2.75) is 23.6 Å². The van der Waals surface area contributed by atoms with Gasteiger partial charge in [-0.3, -0.25) is 19.8 Å². The van der Waals surface area contributed by atoms with Crippen molar-refractivity contribution in [1.82, 2.24) is 40.6 Å². The van der Waals surface area contributed by atoms with E-state index in [4.69, 9.17) is 33.9 Å². The number of nitrogen functional groups attached to an aromatic ring is 1. The van der Waals surface area contributed by atoms with Gasteiger partial charge in [0.1, 0.15) is 12.5 Å². The second-order valence-corrected chi connectivity index (χ2v) is 10.9. The van der Waals surface area contributed by atoms with Crippen LogP contribution in [0.25, 0.3) is 22.7 Å². The molecule has 0 saturated heterocycles. The van der Waals surface area contributed by atoms with Crippen molar-refractivity contribution in [2.75, 3.05) is 5.73 Å². The molecule has 1 aliphatic rings. The Balaban J connectivity index is 1.24. The molecule has 2 aromatic heterocycles. The Labute approximate surface area is 251 Å². The zero-order chi connectivity index (χ0) is 29.3. The molecule has 0 saturated carbocycles. The molecule has 11 nitrogen and oxygen atoms in total. The SMILES string of the molecule is Cn1nc(N)c2ccc(C3(Cl)C=NC([C@H](Cc4ccccc4)NC(=O)/C=C/c4cc(Cl)ccc4-n4cnnn4)N3)cc21. The number of aliphatic imine (C=N–C) groups is 1. The lowest BCUT2D eigenvalue weighted by atomic mass is 10.0. The van der Waals surface area contributed by atoms with E-state index in [1.165, 1.54) is 17.1 Å². The fraction of sp³-hybridized carbons (Fsp3) is 0.172. The molecule has 3 aromatic carbocycles. The fourth-order valence-electron chi connectivity index (χ4n) is 4.99. The number of anilines is 1. The van der Waals surface area contributed by atoms with E-state index >= 15 is 0 Å². The molecule has 0 aliphatic carbocycles. The van der Waals surface area contributed by atoms with Crippen molar-refractivity contribution in [1.29, 1.82) is 0 Å². The minimum atomic E-state index is -1.09. The Morgan fingerprint density at radius 3 is 2.81 bits per heavy atom. The first-order valence-electron chi connectivity index (χ1n) is 13.1. The van der Waals surface area contributed by atoms with Crippen molar-refractivity contribution in [3.8, 4) is 5.69 Å². The third kappa shape index (κ3) is 5.62. The monoisotopic (exact) mass is 600 g/mol. The summed E-state index contributed by atoms with van der Waals surface area (Å²) in [5.41, 5.74) is 10.1. The summed E-state index contributed by atoms with van der Waals surface area (Å²) < 4.78 is 3.22. The van der Waals surface area contributed by atoms with E-state index in [1.54, 1.807) is 35.2 Å². The van der Waals surface area contributed by atoms with Crippen LogP contribution in [0.4, 0.5) is 5.82 Å². The first-order chi connectivity index (χ1) is 20.3. The van der Waals surface area contributed by atoms with Gasteiger partial charge in [-0.1, -0.05) is 59.6 Å². The van der Waals surface area contributed by atoms with Crippen LogP contribution in [-0.4, -0.2) is 54.3 Å². The standard InChI is InChI=1S/C29H26Cl2N10O/c1-40-25-15-20(8-10-22(25)27(32)37-40)29(31)16-33-28(36-29)23(13-18-5-3-2-4-6-18)35-26(42)12-7-19-14-21(30)9-11-24(19)41-17-34-38-39-41/h2-12,14-17,23,28,36H,13H2,1H3,(H2,32,37)(H,35,42)/b12-7+/t23-,28?,29?/m0/s1. The lowest BCUT2D eigenvalue weighted by Crippen LogP contribution is -2.51. The highest BCUT2D eigenvalue weighted by Gasteiger charge is 2.39. The first kappa shape index (κ1) is 27.6. The van der Waals surface area contributed by atoms with Gasteiger partial charge in [-0.15, -0.1) is 5.10 Å². The molecule has 0 spiro atoms. The van der Waals surface area contributed by atoms with Crippen LogP contribution in [0.5, 0.6) is 0 Å². The molecule has 0 fully saturated rings. The van der Waals surface area contributed by atoms with E-state index in [9.17, 15) is 4.79 Å². The van der Waals surface area contributed by atoms with Crippen molar-refractivity contribution in [2.24, 2.45) is 12.0 Å². The number of hydrogen-bond acceptors (Lipinski definition) is 8. The van der Waals surface area contributed by atoms with Gasteiger partial charge in [0.25, 0.3) is 0 Å². The van der Waals surface area contributed by atoms with E-state index in [0.717, 1.165) is 22.0 Å². The maximum atomic E-state index is 13.3. The van der Waals surface area contributed by atoms with Gasteiger partial charge in [0.05, 0.1) is 17.2 Å². The second kappa shape index (κ2) is 11.4. The number of fused-ring (bicyclic) bond motifs is 1. The Morgan fingerprint density at radius 1 is 1.19 bits per heavy atom. The fourth-order valence-corrected chi connectivity index (χ4v) is 5.46. The number of hydrogen-bond donors (Lipinski definition) is 3. The molecular formula is C29H26Cl2N10O. The maximum absolute atomic E-state index is 13.3. The van der Waals surface area contributed by atoms with Crippen LogP contribution in [0.3, 0.4) is 0 Å². The number of aryl methyl sites for hydroxylation is 1. The topological polar surface area (TPSA) is 141 Å². The van der Waals surface area contributed by atoms with E-state index < -0.39 is 17.2 Å². The summed E-state index contributed by atoms with van der Waals surface area (Å²) in [6.07, 6.45) is 6.28. The number of aromatic nitrogens is 6. The molecule has 1 amide bonds. The van der Waals surface area contributed by atoms with Gasteiger partial charge in [-0.05, 0) is 64.4 Å². The number of tetrazole rings is 1. The average molecular weight is 602 g/mol. The van der Waals surface area contributed by atoms with Crippen molar-refractivity contribution < 1.29 is 4.79 Å². The third-order valence-electron chi connectivity index (χ3n) is 7.08. The lowest BCUT2D eigenvalue weighted by molar-refractivity contribution is -0.117.